The van der Waals surface area contributed by atoms with Gasteiger partial charge in [0.1, 0.15) is 17.3 Å². The minimum atomic E-state index is -4.00. The minimum absolute atomic E-state index is 0.236. The van der Waals surface area contributed by atoms with Gasteiger partial charge in [-0.3, -0.25) is 14.3 Å². The van der Waals surface area contributed by atoms with E-state index in [9.17, 15) is 22.4 Å². The topological polar surface area (TPSA) is 102 Å². The summed E-state index contributed by atoms with van der Waals surface area (Å²) in [5.41, 5.74) is 2.58. The number of sulfonamides is 1. The number of anilines is 1. The van der Waals surface area contributed by atoms with Gasteiger partial charge in [-0.25, -0.2) is 12.8 Å². The highest BCUT2D eigenvalue weighted by Crippen LogP contribution is 2.46. The van der Waals surface area contributed by atoms with Crippen molar-refractivity contribution < 1.29 is 31.9 Å². The van der Waals surface area contributed by atoms with Gasteiger partial charge in [-0.05, 0) is 49.2 Å². The van der Waals surface area contributed by atoms with Crippen LogP contribution >= 0.6 is 0 Å². The average Bonchev–Trinajstić information content (AvgIpc) is 3.27. The van der Waals surface area contributed by atoms with Crippen LogP contribution in [0.15, 0.2) is 72.8 Å². The van der Waals surface area contributed by atoms with E-state index >= 15 is 0 Å². The highest BCUT2D eigenvalue weighted by atomic mass is 32.2. The van der Waals surface area contributed by atoms with Gasteiger partial charge in [-0.1, -0.05) is 48.5 Å². The number of halogens is 1. The fourth-order valence-electron chi connectivity index (χ4n) is 5.05. The number of nitrogens with one attached hydrogen (secondary N) is 1. The van der Waals surface area contributed by atoms with Gasteiger partial charge in [0.25, 0.3) is 5.91 Å². The predicted molar refractivity (Wildman–Crippen MR) is 154 cm³/mol. The van der Waals surface area contributed by atoms with E-state index in [1.54, 1.807) is 35.2 Å². The van der Waals surface area contributed by atoms with Gasteiger partial charge in [0.2, 0.25) is 15.9 Å². The average molecular weight is 577 g/mol. The van der Waals surface area contributed by atoms with Crippen LogP contribution in [-0.4, -0.2) is 33.4 Å². The zero-order valence-corrected chi connectivity index (χ0v) is 23.5. The first kappa shape index (κ1) is 28.1. The van der Waals surface area contributed by atoms with Gasteiger partial charge in [0.05, 0.1) is 37.5 Å². The SMILES string of the molecule is CCOc1c2c(c(OCC)c3ccccc13)C(=O)N(c1ccc(CS(=O)(=O)NC(=O)Cc3cccc(F)c3)cc1)C2. The number of carbonyl (C=O) groups is 2. The van der Waals surface area contributed by atoms with Crippen LogP contribution in [0, 0.1) is 5.82 Å². The number of hydrogen-bond acceptors (Lipinski definition) is 6. The molecule has 0 unspecified atom stereocenters. The molecule has 0 bridgehead atoms. The van der Waals surface area contributed by atoms with Crippen molar-refractivity contribution in [2.45, 2.75) is 32.6 Å². The maximum Gasteiger partial charge on any atom is 0.262 e. The smallest absolute Gasteiger partial charge is 0.262 e. The number of rotatable bonds is 10. The molecule has 0 aliphatic carbocycles. The van der Waals surface area contributed by atoms with E-state index in [-0.39, 0.29) is 18.9 Å². The zero-order valence-electron chi connectivity index (χ0n) is 22.6. The van der Waals surface area contributed by atoms with Crippen LogP contribution in [0.5, 0.6) is 11.5 Å². The fourth-order valence-corrected chi connectivity index (χ4v) is 6.17. The zero-order chi connectivity index (χ0) is 29.1. The quantitative estimate of drug-likeness (QED) is 0.281. The van der Waals surface area contributed by atoms with Crippen molar-refractivity contribution in [2.24, 2.45) is 0 Å². The normalized spacial score (nSPS) is 12.9. The summed E-state index contributed by atoms with van der Waals surface area (Å²) in [5, 5.41) is 1.66. The summed E-state index contributed by atoms with van der Waals surface area (Å²) >= 11 is 0. The molecular weight excluding hydrogens is 547 g/mol. The highest BCUT2D eigenvalue weighted by molar-refractivity contribution is 7.89. The number of fused-ring (bicyclic) bond motifs is 2. The summed E-state index contributed by atoms with van der Waals surface area (Å²) < 4.78 is 52.7. The van der Waals surface area contributed by atoms with E-state index in [0.29, 0.717) is 47.1 Å². The Morgan fingerprint density at radius 3 is 2.22 bits per heavy atom. The Bertz CT molecular complexity index is 1740. The van der Waals surface area contributed by atoms with Crippen molar-refractivity contribution in [1.29, 1.82) is 0 Å². The molecule has 0 aromatic heterocycles. The lowest BCUT2D eigenvalue weighted by atomic mass is 9.99. The maximum absolute atomic E-state index is 13.7. The largest absolute Gasteiger partial charge is 0.493 e. The molecule has 212 valence electrons. The minimum Gasteiger partial charge on any atom is -0.493 e. The fraction of sp³-hybridized carbons (Fsp3) is 0.226. The van der Waals surface area contributed by atoms with Crippen molar-refractivity contribution in [3.63, 3.8) is 0 Å². The molecule has 4 aromatic carbocycles. The number of nitrogens with zero attached hydrogens (tertiary/aromatic N) is 1. The van der Waals surface area contributed by atoms with Crippen molar-refractivity contribution in [3.8, 4) is 11.5 Å². The van der Waals surface area contributed by atoms with Crippen LogP contribution in [0.3, 0.4) is 0 Å². The lowest BCUT2D eigenvalue weighted by Crippen LogP contribution is -2.32. The van der Waals surface area contributed by atoms with E-state index in [4.69, 9.17) is 9.47 Å². The Morgan fingerprint density at radius 1 is 0.902 bits per heavy atom. The molecule has 1 N–H and O–H groups in total. The molecule has 8 nitrogen and oxygen atoms in total. The van der Waals surface area contributed by atoms with Crippen LogP contribution < -0.4 is 19.1 Å². The van der Waals surface area contributed by atoms with Crippen LogP contribution in [0.2, 0.25) is 0 Å². The number of benzene rings is 4. The summed E-state index contributed by atoms with van der Waals surface area (Å²) in [5.74, 6) is -0.769. The Labute approximate surface area is 237 Å². The number of carbonyl (C=O) groups excluding carboxylic acids is 2. The number of amides is 2. The molecule has 1 aliphatic rings. The number of hydrogen-bond donors (Lipinski definition) is 1. The summed E-state index contributed by atoms with van der Waals surface area (Å²) in [4.78, 5) is 27.6. The molecule has 2 amide bonds. The second kappa shape index (κ2) is 11.6. The highest BCUT2D eigenvalue weighted by Gasteiger charge is 2.36. The predicted octanol–water partition coefficient (Wildman–Crippen LogP) is 5.13. The van der Waals surface area contributed by atoms with Crippen molar-refractivity contribution in [1.82, 2.24) is 4.72 Å². The number of ether oxygens (including phenoxy) is 2. The molecule has 5 rings (SSSR count). The van der Waals surface area contributed by atoms with Gasteiger partial charge >= 0.3 is 0 Å². The molecule has 0 saturated heterocycles. The van der Waals surface area contributed by atoms with E-state index < -0.39 is 27.5 Å². The van der Waals surface area contributed by atoms with E-state index in [0.717, 1.165) is 16.3 Å². The Balaban J connectivity index is 1.36. The first-order chi connectivity index (χ1) is 19.7. The molecule has 0 fully saturated rings. The first-order valence-corrected chi connectivity index (χ1v) is 14.9. The summed E-state index contributed by atoms with van der Waals surface area (Å²) in [7, 11) is -4.00. The molecule has 0 spiro atoms. The van der Waals surface area contributed by atoms with E-state index in [1.165, 1.54) is 18.2 Å². The first-order valence-electron chi connectivity index (χ1n) is 13.2. The van der Waals surface area contributed by atoms with Crippen LogP contribution in [0.1, 0.15) is 40.9 Å². The molecule has 1 aliphatic heterocycles. The van der Waals surface area contributed by atoms with E-state index in [1.807, 2.05) is 42.8 Å². The summed E-state index contributed by atoms with van der Waals surface area (Å²) in [6.45, 7) is 4.84. The molecule has 0 atom stereocenters. The Hall–Kier alpha value is -4.44. The lowest BCUT2D eigenvalue weighted by Gasteiger charge is -2.16. The van der Waals surface area contributed by atoms with Crippen molar-refractivity contribution in [2.75, 3.05) is 18.1 Å². The second-order valence-corrected chi connectivity index (χ2v) is 11.3. The molecular formula is C31H29FN2O6S. The van der Waals surface area contributed by atoms with Crippen LogP contribution in [-0.2, 0) is 33.5 Å². The van der Waals surface area contributed by atoms with Gasteiger partial charge in [-0.2, -0.15) is 0 Å². The molecule has 4 aromatic rings. The molecule has 41 heavy (non-hydrogen) atoms. The Kier molecular flexibility index (Phi) is 7.94. The molecule has 0 radical (unpaired) electrons. The standard InChI is InChI=1S/C31H29FN2O6S/c1-3-39-29-24-10-5-6-11-25(24)30(40-4-2)28-26(29)18-34(31(28)36)23-14-12-20(13-15-23)19-41(37,38)33-27(35)17-21-8-7-9-22(32)16-21/h5-16H,3-4,17-19H2,1-2H3,(H,33,35). The molecule has 1 heterocycles. The monoisotopic (exact) mass is 576 g/mol. The summed E-state index contributed by atoms with van der Waals surface area (Å²) in [6.07, 6.45) is -0.268. The Morgan fingerprint density at radius 2 is 1.56 bits per heavy atom. The second-order valence-electron chi connectivity index (χ2n) is 9.57. The van der Waals surface area contributed by atoms with Gasteiger partial charge in [-0.15, -0.1) is 0 Å². The van der Waals surface area contributed by atoms with Gasteiger partial charge in [0, 0.05) is 22.0 Å². The van der Waals surface area contributed by atoms with Gasteiger partial charge in [0.15, 0.2) is 0 Å². The lowest BCUT2D eigenvalue weighted by molar-refractivity contribution is -0.118. The van der Waals surface area contributed by atoms with Crippen LogP contribution in [0.4, 0.5) is 10.1 Å². The summed E-state index contributed by atoms with van der Waals surface area (Å²) in [6, 6.07) is 19.6. The van der Waals surface area contributed by atoms with Crippen molar-refractivity contribution >= 4 is 38.3 Å². The molecule has 10 heteroatoms. The van der Waals surface area contributed by atoms with Crippen LogP contribution in [0.25, 0.3) is 10.8 Å². The van der Waals surface area contributed by atoms with E-state index in [2.05, 4.69) is 0 Å². The van der Waals surface area contributed by atoms with Crippen molar-refractivity contribution in [3.05, 3.63) is 101 Å². The van der Waals surface area contributed by atoms with Gasteiger partial charge < -0.3 is 14.4 Å². The maximum atomic E-state index is 13.7. The third-order valence-corrected chi connectivity index (χ3v) is 7.95. The third-order valence-electron chi connectivity index (χ3n) is 6.70. The molecule has 0 saturated carbocycles. The third kappa shape index (κ3) is 5.88.